The maximum absolute atomic E-state index is 12.8. The van der Waals surface area contributed by atoms with E-state index in [1.54, 1.807) is 18.2 Å². The van der Waals surface area contributed by atoms with Crippen molar-refractivity contribution in [1.82, 2.24) is 9.80 Å². The summed E-state index contributed by atoms with van der Waals surface area (Å²) in [5.74, 6) is 0.384. The van der Waals surface area contributed by atoms with E-state index in [1.807, 2.05) is 29.2 Å². The van der Waals surface area contributed by atoms with Crippen LogP contribution in [0.5, 0.6) is 5.75 Å². The Morgan fingerprint density at radius 2 is 1.89 bits per heavy atom. The number of piperazine rings is 1. The van der Waals surface area contributed by atoms with E-state index in [0.29, 0.717) is 19.6 Å². The quantitative estimate of drug-likeness (QED) is 0.717. The molecule has 1 N–H and O–H groups in total. The van der Waals surface area contributed by atoms with Gasteiger partial charge in [0.2, 0.25) is 5.91 Å². The molecule has 1 aliphatic rings. The number of hydrogen-bond donors (Lipinski definition) is 1. The summed E-state index contributed by atoms with van der Waals surface area (Å²) in [6.07, 6.45) is 1.76. The lowest BCUT2D eigenvalue weighted by Gasteiger charge is -2.36. The largest absolute Gasteiger partial charge is 0.508 e. The van der Waals surface area contributed by atoms with Gasteiger partial charge in [-0.1, -0.05) is 17.7 Å². The molecular formula is C20H24ClN3O2S. The minimum atomic E-state index is 0.109. The van der Waals surface area contributed by atoms with Crippen molar-refractivity contribution >= 4 is 34.5 Å². The standard InChI is InChI=1S/C20H24ClN3O2S/c1-2-9-24(14-18-7-8-19(21)27-18)20(26)15-22-10-12-23(13-11-22)16-3-5-17(25)6-4-16/h2-8,25H,1,9-15H2. The Morgan fingerprint density at radius 3 is 2.48 bits per heavy atom. The van der Waals surface area contributed by atoms with Gasteiger partial charge in [-0.2, -0.15) is 0 Å². The van der Waals surface area contributed by atoms with Crippen molar-refractivity contribution in [2.24, 2.45) is 0 Å². The first kappa shape index (κ1) is 19.7. The Bertz CT molecular complexity index is 770. The molecule has 27 heavy (non-hydrogen) atoms. The molecule has 0 spiro atoms. The van der Waals surface area contributed by atoms with E-state index in [9.17, 15) is 9.90 Å². The Balaban J connectivity index is 1.52. The molecule has 1 aromatic carbocycles. The smallest absolute Gasteiger partial charge is 0.237 e. The molecule has 1 saturated heterocycles. The fourth-order valence-corrected chi connectivity index (χ4v) is 4.26. The number of nitrogens with zero attached hydrogens (tertiary/aromatic N) is 3. The fraction of sp³-hybridized carbons (Fsp3) is 0.350. The lowest BCUT2D eigenvalue weighted by Crippen LogP contribution is -2.50. The SMILES string of the molecule is C=CCN(Cc1ccc(Cl)s1)C(=O)CN1CCN(c2ccc(O)cc2)CC1. The van der Waals surface area contributed by atoms with Crippen LogP contribution in [0.15, 0.2) is 49.1 Å². The minimum absolute atomic E-state index is 0.109. The van der Waals surface area contributed by atoms with Crippen molar-refractivity contribution in [3.05, 3.63) is 58.3 Å². The van der Waals surface area contributed by atoms with Gasteiger partial charge in [-0.3, -0.25) is 9.69 Å². The summed E-state index contributed by atoms with van der Waals surface area (Å²) in [6, 6.07) is 11.1. The molecule has 1 aromatic heterocycles. The van der Waals surface area contributed by atoms with Gasteiger partial charge in [0, 0.05) is 43.3 Å². The van der Waals surface area contributed by atoms with Gasteiger partial charge in [0.05, 0.1) is 17.4 Å². The second-order valence-corrected chi connectivity index (χ2v) is 8.35. The van der Waals surface area contributed by atoms with Crippen molar-refractivity contribution in [3.8, 4) is 5.75 Å². The Hall–Kier alpha value is -2.02. The number of rotatable bonds is 7. The number of amides is 1. The fourth-order valence-electron chi connectivity index (χ4n) is 3.15. The van der Waals surface area contributed by atoms with E-state index in [4.69, 9.17) is 11.6 Å². The van der Waals surface area contributed by atoms with Gasteiger partial charge in [0.1, 0.15) is 5.75 Å². The zero-order valence-electron chi connectivity index (χ0n) is 15.2. The van der Waals surface area contributed by atoms with Crippen LogP contribution in [0.2, 0.25) is 4.34 Å². The average molecular weight is 406 g/mol. The summed E-state index contributed by atoms with van der Waals surface area (Å²) in [6.45, 7) is 8.67. The maximum Gasteiger partial charge on any atom is 0.237 e. The molecule has 0 saturated carbocycles. The number of hydrogen-bond acceptors (Lipinski definition) is 5. The number of aromatic hydroxyl groups is 1. The predicted octanol–water partition coefficient (Wildman–Crippen LogP) is 3.44. The van der Waals surface area contributed by atoms with Crippen molar-refractivity contribution in [2.75, 3.05) is 44.2 Å². The van der Waals surface area contributed by atoms with Gasteiger partial charge in [-0.15, -0.1) is 17.9 Å². The van der Waals surface area contributed by atoms with Crippen molar-refractivity contribution < 1.29 is 9.90 Å². The first-order valence-corrected chi connectivity index (χ1v) is 10.1. The maximum atomic E-state index is 12.8. The van der Waals surface area contributed by atoms with Crippen LogP contribution >= 0.6 is 22.9 Å². The van der Waals surface area contributed by atoms with Gasteiger partial charge >= 0.3 is 0 Å². The van der Waals surface area contributed by atoms with Crippen LogP contribution in [-0.4, -0.2) is 60.1 Å². The summed E-state index contributed by atoms with van der Waals surface area (Å²) in [5, 5.41) is 9.42. The minimum Gasteiger partial charge on any atom is -0.508 e. The molecule has 2 aromatic rings. The molecule has 0 aliphatic carbocycles. The highest BCUT2D eigenvalue weighted by Gasteiger charge is 2.22. The third-order valence-electron chi connectivity index (χ3n) is 4.62. The van der Waals surface area contributed by atoms with Gasteiger partial charge < -0.3 is 14.9 Å². The Labute approximate surface area is 169 Å². The number of thiophene rings is 1. The van der Waals surface area contributed by atoms with E-state index in [1.165, 1.54) is 11.3 Å². The van der Waals surface area contributed by atoms with E-state index in [2.05, 4.69) is 16.4 Å². The lowest BCUT2D eigenvalue weighted by atomic mass is 10.2. The van der Waals surface area contributed by atoms with Crippen LogP contribution in [-0.2, 0) is 11.3 Å². The van der Waals surface area contributed by atoms with Crippen LogP contribution < -0.4 is 4.90 Å². The summed E-state index contributed by atoms with van der Waals surface area (Å²) in [7, 11) is 0. The van der Waals surface area contributed by atoms with Crippen LogP contribution in [0.25, 0.3) is 0 Å². The third kappa shape index (κ3) is 5.48. The molecule has 1 aliphatic heterocycles. The molecule has 0 radical (unpaired) electrons. The van der Waals surface area contributed by atoms with E-state index in [-0.39, 0.29) is 11.7 Å². The van der Waals surface area contributed by atoms with Gasteiger partial charge in [0.15, 0.2) is 0 Å². The Kier molecular flexibility index (Phi) is 6.77. The lowest BCUT2D eigenvalue weighted by molar-refractivity contribution is -0.132. The first-order valence-electron chi connectivity index (χ1n) is 8.94. The number of carbonyl (C=O) groups excluding carboxylic acids is 1. The molecule has 3 rings (SSSR count). The summed E-state index contributed by atoms with van der Waals surface area (Å²) < 4.78 is 0.737. The molecule has 144 valence electrons. The number of phenols is 1. The molecular weight excluding hydrogens is 382 g/mol. The van der Waals surface area contributed by atoms with Crippen LogP contribution in [0.1, 0.15) is 4.88 Å². The number of carbonyl (C=O) groups is 1. The van der Waals surface area contributed by atoms with Gasteiger partial charge in [-0.05, 0) is 36.4 Å². The highest BCUT2D eigenvalue weighted by atomic mass is 35.5. The second-order valence-electron chi connectivity index (χ2n) is 6.55. The van der Waals surface area contributed by atoms with Gasteiger partial charge in [0.25, 0.3) is 0 Å². The van der Waals surface area contributed by atoms with E-state index >= 15 is 0 Å². The highest BCUT2D eigenvalue weighted by molar-refractivity contribution is 7.16. The van der Waals surface area contributed by atoms with Crippen molar-refractivity contribution in [2.45, 2.75) is 6.54 Å². The Morgan fingerprint density at radius 1 is 1.19 bits per heavy atom. The zero-order valence-corrected chi connectivity index (χ0v) is 16.8. The zero-order chi connectivity index (χ0) is 19.2. The molecule has 7 heteroatoms. The molecule has 0 unspecified atom stereocenters. The topological polar surface area (TPSA) is 47.0 Å². The van der Waals surface area contributed by atoms with Crippen LogP contribution in [0, 0.1) is 0 Å². The van der Waals surface area contributed by atoms with Crippen LogP contribution in [0.4, 0.5) is 5.69 Å². The van der Waals surface area contributed by atoms with Crippen LogP contribution in [0.3, 0.4) is 0 Å². The first-order chi connectivity index (χ1) is 13.0. The molecule has 0 atom stereocenters. The molecule has 1 fully saturated rings. The number of halogens is 1. The van der Waals surface area contributed by atoms with E-state index in [0.717, 1.165) is 41.1 Å². The average Bonchev–Trinajstić information content (AvgIpc) is 3.07. The molecule has 5 nitrogen and oxygen atoms in total. The van der Waals surface area contributed by atoms with E-state index < -0.39 is 0 Å². The molecule has 0 bridgehead atoms. The molecule has 2 heterocycles. The number of anilines is 1. The number of phenolic OH excluding ortho intramolecular Hbond substituents is 1. The number of benzene rings is 1. The molecule has 1 amide bonds. The second kappa shape index (κ2) is 9.26. The van der Waals surface area contributed by atoms with Crippen molar-refractivity contribution in [1.29, 1.82) is 0 Å². The highest BCUT2D eigenvalue weighted by Crippen LogP contribution is 2.23. The van der Waals surface area contributed by atoms with Gasteiger partial charge in [-0.25, -0.2) is 0 Å². The van der Waals surface area contributed by atoms with Crippen molar-refractivity contribution in [3.63, 3.8) is 0 Å². The monoisotopic (exact) mass is 405 g/mol. The third-order valence-corrected chi connectivity index (χ3v) is 5.84. The summed E-state index contributed by atoms with van der Waals surface area (Å²) in [4.78, 5) is 20.1. The summed E-state index contributed by atoms with van der Waals surface area (Å²) in [5.41, 5.74) is 1.10. The normalized spacial score (nSPS) is 14.9. The predicted molar refractivity (Wildman–Crippen MR) is 112 cm³/mol. The summed E-state index contributed by atoms with van der Waals surface area (Å²) >= 11 is 7.50.